The Kier molecular flexibility index (Phi) is 3.78. The Bertz CT molecular complexity index is 673. The number of anilines is 1. The van der Waals surface area contributed by atoms with Gasteiger partial charge in [0.05, 0.1) is 5.39 Å². The van der Waals surface area contributed by atoms with E-state index in [1.165, 1.54) is 35.3 Å². The van der Waals surface area contributed by atoms with Crippen molar-refractivity contribution >= 4 is 27.4 Å². The molecule has 0 spiro atoms. The maximum absolute atomic E-state index is 4.68. The highest BCUT2D eigenvalue weighted by atomic mass is 32.1. The van der Waals surface area contributed by atoms with Crippen molar-refractivity contribution in [2.24, 2.45) is 5.92 Å². The van der Waals surface area contributed by atoms with Crippen molar-refractivity contribution in [1.29, 1.82) is 0 Å². The fourth-order valence-electron chi connectivity index (χ4n) is 3.77. The Morgan fingerprint density at radius 3 is 2.82 bits per heavy atom. The van der Waals surface area contributed by atoms with Gasteiger partial charge >= 0.3 is 0 Å². The van der Waals surface area contributed by atoms with Crippen molar-refractivity contribution in [3.63, 3.8) is 0 Å². The first-order chi connectivity index (χ1) is 10.8. The number of nitrogens with zero attached hydrogens (tertiary/aromatic N) is 4. The SMILES string of the molecule is CCN1CCN(c2ncnc3sc4c(c23)CC[C@@H](C)C4)CC1. The minimum atomic E-state index is 0.810. The number of thiophene rings is 1. The monoisotopic (exact) mass is 316 g/mol. The standard InChI is InChI=1S/C17H24N4S/c1-3-20-6-8-21(9-7-20)16-15-13-5-4-12(2)10-14(13)22-17(15)19-11-18-16/h11-12H,3-10H2,1-2H3/t12-/m1/s1. The van der Waals surface area contributed by atoms with E-state index in [4.69, 9.17) is 0 Å². The van der Waals surface area contributed by atoms with Crippen LogP contribution < -0.4 is 4.90 Å². The maximum atomic E-state index is 4.68. The zero-order valence-electron chi connectivity index (χ0n) is 13.5. The first kappa shape index (κ1) is 14.4. The molecule has 0 amide bonds. The van der Waals surface area contributed by atoms with Gasteiger partial charge in [0.2, 0.25) is 0 Å². The van der Waals surface area contributed by atoms with Crippen LogP contribution >= 0.6 is 11.3 Å². The van der Waals surface area contributed by atoms with E-state index < -0.39 is 0 Å². The van der Waals surface area contributed by atoms with Crippen molar-refractivity contribution in [2.45, 2.75) is 33.1 Å². The molecule has 1 atom stereocenters. The van der Waals surface area contributed by atoms with Gasteiger partial charge in [-0.15, -0.1) is 11.3 Å². The topological polar surface area (TPSA) is 32.3 Å². The van der Waals surface area contributed by atoms with Gasteiger partial charge in [-0.3, -0.25) is 0 Å². The molecule has 1 aliphatic carbocycles. The van der Waals surface area contributed by atoms with Crippen LogP contribution in [0.5, 0.6) is 0 Å². The Labute approximate surface area is 136 Å². The Morgan fingerprint density at radius 2 is 2.05 bits per heavy atom. The van der Waals surface area contributed by atoms with Gasteiger partial charge in [-0.2, -0.15) is 0 Å². The summed E-state index contributed by atoms with van der Waals surface area (Å²) < 4.78 is 0. The molecule has 0 N–H and O–H groups in total. The lowest BCUT2D eigenvalue weighted by atomic mass is 9.89. The summed E-state index contributed by atoms with van der Waals surface area (Å²) >= 11 is 1.90. The summed E-state index contributed by atoms with van der Waals surface area (Å²) in [6.45, 7) is 10.2. The van der Waals surface area contributed by atoms with Gasteiger partial charge < -0.3 is 9.80 Å². The third kappa shape index (κ3) is 2.40. The Hall–Kier alpha value is -1.20. The number of likely N-dealkylation sites (N-methyl/N-ethyl adjacent to an activating group) is 1. The van der Waals surface area contributed by atoms with Crippen LogP contribution in [0.25, 0.3) is 10.2 Å². The van der Waals surface area contributed by atoms with E-state index in [2.05, 4.69) is 33.6 Å². The lowest BCUT2D eigenvalue weighted by Gasteiger charge is -2.35. The van der Waals surface area contributed by atoms with Gasteiger partial charge in [0, 0.05) is 31.1 Å². The summed E-state index contributed by atoms with van der Waals surface area (Å²) in [4.78, 5) is 17.0. The molecule has 2 aliphatic rings. The molecule has 4 nitrogen and oxygen atoms in total. The van der Waals surface area contributed by atoms with Crippen LogP contribution in [0.4, 0.5) is 5.82 Å². The van der Waals surface area contributed by atoms with Crippen LogP contribution in [0.15, 0.2) is 6.33 Å². The van der Waals surface area contributed by atoms with Crippen molar-refractivity contribution in [2.75, 3.05) is 37.6 Å². The van der Waals surface area contributed by atoms with Gasteiger partial charge in [-0.05, 0) is 37.3 Å². The van der Waals surface area contributed by atoms with Crippen LogP contribution in [0, 0.1) is 5.92 Å². The van der Waals surface area contributed by atoms with Gasteiger partial charge in [0.25, 0.3) is 0 Å². The number of aromatic nitrogens is 2. The first-order valence-corrected chi connectivity index (χ1v) is 9.30. The van der Waals surface area contributed by atoms with E-state index in [1.54, 1.807) is 16.8 Å². The van der Waals surface area contributed by atoms with Crippen molar-refractivity contribution in [3.05, 3.63) is 16.8 Å². The molecule has 0 aromatic carbocycles. The molecule has 1 aliphatic heterocycles. The Morgan fingerprint density at radius 1 is 1.23 bits per heavy atom. The van der Waals surface area contributed by atoms with E-state index >= 15 is 0 Å². The average molecular weight is 316 g/mol. The number of hydrogen-bond acceptors (Lipinski definition) is 5. The van der Waals surface area contributed by atoms with Crippen molar-refractivity contribution in [3.8, 4) is 0 Å². The second kappa shape index (κ2) is 5.78. The highest BCUT2D eigenvalue weighted by Gasteiger charge is 2.26. The Balaban J connectivity index is 1.72. The summed E-state index contributed by atoms with van der Waals surface area (Å²) in [6.07, 6.45) is 5.48. The lowest BCUT2D eigenvalue weighted by Crippen LogP contribution is -2.46. The molecule has 0 unspecified atom stereocenters. The van der Waals surface area contributed by atoms with Crippen LogP contribution in [0.1, 0.15) is 30.7 Å². The normalized spacial score (nSPS) is 23.0. The number of aryl methyl sites for hydroxylation is 1. The molecule has 3 heterocycles. The van der Waals surface area contributed by atoms with Crippen LogP contribution in [-0.2, 0) is 12.8 Å². The van der Waals surface area contributed by atoms with Crippen molar-refractivity contribution in [1.82, 2.24) is 14.9 Å². The molecular weight excluding hydrogens is 292 g/mol. The van der Waals surface area contributed by atoms with Crippen LogP contribution in [0.3, 0.4) is 0 Å². The fourth-order valence-corrected chi connectivity index (χ4v) is 5.12. The van der Waals surface area contributed by atoms with E-state index in [9.17, 15) is 0 Å². The van der Waals surface area contributed by atoms with Crippen molar-refractivity contribution < 1.29 is 0 Å². The molecule has 1 saturated heterocycles. The molecule has 1 fully saturated rings. The predicted molar refractivity (Wildman–Crippen MR) is 92.9 cm³/mol. The average Bonchev–Trinajstić information content (AvgIpc) is 2.92. The quantitative estimate of drug-likeness (QED) is 0.853. The highest BCUT2D eigenvalue weighted by Crippen LogP contribution is 2.40. The molecular formula is C17H24N4S. The molecule has 0 bridgehead atoms. The van der Waals surface area contributed by atoms with Crippen LogP contribution in [0.2, 0.25) is 0 Å². The molecule has 5 heteroatoms. The first-order valence-electron chi connectivity index (χ1n) is 8.48. The molecule has 2 aromatic heterocycles. The summed E-state index contributed by atoms with van der Waals surface area (Å²) in [5.74, 6) is 2.00. The minimum absolute atomic E-state index is 0.810. The van der Waals surface area contributed by atoms with Gasteiger partial charge in [0.1, 0.15) is 17.0 Å². The molecule has 118 valence electrons. The smallest absolute Gasteiger partial charge is 0.141 e. The summed E-state index contributed by atoms with van der Waals surface area (Å²) in [5, 5.41) is 1.36. The fraction of sp³-hybridized carbons (Fsp3) is 0.647. The molecule has 0 radical (unpaired) electrons. The minimum Gasteiger partial charge on any atom is -0.353 e. The summed E-state index contributed by atoms with van der Waals surface area (Å²) in [6, 6.07) is 0. The largest absolute Gasteiger partial charge is 0.353 e. The number of rotatable bonds is 2. The van der Waals surface area contributed by atoms with Gasteiger partial charge in [-0.25, -0.2) is 9.97 Å². The predicted octanol–water partition coefficient (Wildman–Crippen LogP) is 2.96. The number of hydrogen-bond donors (Lipinski definition) is 0. The molecule has 4 rings (SSSR count). The van der Waals surface area contributed by atoms with E-state index in [0.29, 0.717) is 0 Å². The second-order valence-electron chi connectivity index (χ2n) is 6.65. The maximum Gasteiger partial charge on any atom is 0.141 e. The van der Waals surface area contributed by atoms with E-state index in [0.717, 1.165) is 38.6 Å². The van der Waals surface area contributed by atoms with Crippen LogP contribution in [-0.4, -0.2) is 47.6 Å². The van der Waals surface area contributed by atoms with E-state index in [-0.39, 0.29) is 0 Å². The molecule has 22 heavy (non-hydrogen) atoms. The summed E-state index contributed by atoms with van der Waals surface area (Å²) in [5.41, 5.74) is 1.55. The summed E-state index contributed by atoms with van der Waals surface area (Å²) in [7, 11) is 0. The third-order valence-electron chi connectivity index (χ3n) is 5.19. The number of fused-ring (bicyclic) bond motifs is 3. The zero-order valence-corrected chi connectivity index (χ0v) is 14.3. The molecule has 2 aromatic rings. The number of piperazine rings is 1. The second-order valence-corrected chi connectivity index (χ2v) is 7.73. The molecule has 0 saturated carbocycles. The third-order valence-corrected chi connectivity index (χ3v) is 6.35. The van der Waals surface area contributed by atoms with Gasteiger partial charge in [0.15, 0.2) is 0 Å². The highest BCUT2D eigenvalue weighted by molar-refractivity contribution is 7.19. The lowest BCUT2D eigenvalue weighted by molar-refractivity contribution is 0.271. The van der Waals surface area contributed by atoms with Gasteiger partial charge in [-0.1, -0.05) is 13.8 Å². The van der Waals surface area contributed by atoms with E-state index in [1.807, 2.05) is 11.3 Å². The zero-order chi connectivity index (χ0) is 15.1.